The molecule has 1 fully saturated rings. The number of nitrogens with one attached hydrogen (secondary N) is 1. The molecule has 3 N–H and O–H groups in total. The third-order valence-corrected chi connectivity index (χ3v) is 3.69. The van der Waals surface area contributed by atoms with Gasteiger partial charge in [-0.1, -0.05) is 6.92 Å². The quantitative estimate of drug-likeness (QED) is 0.472. The minimum absolute atomic E-state index is 0.312. The van der Waals surface area contributed by atoms with Gasteiger partial charge < -0.3 is 9.32 Å². The van der Waals surface area contributed by atoms with Crippen LogP contribution in [0.5, 0.6) is 0 Å². The fraction of sp³-hybridized carbons (Fsp3) is 0.643. The number of rotatable bonds is 5. The van der Waals surface area contributed by atoms with Gasteiger partial charge in [-0.2, -0.15) is 0 Å². The number of carbonyl (C=O) groups is 1. The van der Waals surface area contributed by atoms with Gasteiger partial charge in [-0.05, 0) is 26.0 Å². The van der Waals surface area contributed by atoms with Crippen LogP contribution in [0.25, 0.3) is 0 Å². The molecule has 0 saturated carbocycles. The van der Waals surface area contributed by atoms with Gasteiger partial charge in [-0.15, -0.1) is 0 Å². The molecule has 1 saturated heterocycles. The number of nitrogen functional groups attached to an aromatic ring is 1. The van der Waals surface area contributed by atoms with Crippen LogP contribution in [0, 0.1) is 6.92 Å². The Morgan fingerprint density at radius 3 is 2.60 bits per heavy atom. The summed E-state index contributed by atoms with van der Waals surface area (Å²) in [5, 5.41) is 0. The number of nitrogens with zero attached hydrogens (tertiary/aromatic N) is 2. The van der Waals surface area contributed by atoms with Gasteiger partial charge in [-0.25, -0.2) is 5.84 Å². The number of furan rings is 1. The minimum atomic E-state index is -0.374. The Hall–Kier alpha value is -1.37. The van der Waals surface area contributed by atoms with Crippen LogP contribution in [0.2, 0.25) is 0 Å². The predicted molar refractivity (Wildman–Crippen MR) is 77.1 cm³/mol. The smallest absolute Gasteiger partial charge is 0.301 e. The maximum Gasteiger partial charge on any atom is 0.301 e. The van der Waals surface area contributed by atoms with Crippen LogP contribution in [0.4, 0.5) is 0 Å². The molecule has 1 amide bonds. The molecule has 1 aliphatic rings. The Morgan fingerprint density at radius 2 is 2.00 bits per heavy atom. The topological polar surface area (TPSA) is 74.7 Å². The van der Waals surface area contributed by atoms with E-state index in [2.05, 4.69) is 22.1 Å². The van der Waals surface area contributed by atoms with Crippen LogP contribution in [0.15, 0.2) is 10.5 Å². The largest absolute Gasteiger partial charge is 0.454 e. The lowest BCUT2D eigenvalue weighted by Gasteiger charge is -2.33. The van der Waals surface area contributed by atoms with Crippen molar-refractivity contribution in [2.45, 2.75) is 26.8 Å². The fourth-order valence-corrected chi connectivity index (χ4v) is 2.62. The number of hydrogen-bond acceptors (Lipinski definition) is 5. The van der Waals surface area contributed by atoms with Crippen LogP contribution in [0.3, 0.4) is 0 Å². The normalized spacial score (nSPS) is 17.4. The molecule has 0 unspecified atom stereocenters. The summed E-state index contributed by atoms with van der Waals surface area (Å²) in [6.07, 6.45) is 1.20. The predicted octanol–water partition coefficient (Wildman–Crippen LogP) is 0.719. The van der Waals surface area contributed by atoms with Crippen molar-refractivity contribution in [2.75, 3.05) is 32.7 Å². The van der Waals surface area contributed by atoms with Crippen LogP contribution in [-0.4, -0.2) is 48.4 Å². The van der Waals surface area contributed by atoms with Crippen molar-refractivity contribution in [3.63, 3.8) is 0 Å². The van der Waals surface area contributed by atoms with E-state index >= 15 is 0 Å². The summed E-state index contributed by atoms with van der Waals surface area (Å²) in [4.78, 5) is 16.3. The molecule has 0 spiro atoms. The average Bonchev–Trinajstić information content (AvgIpc) is 2.81. The van der Waals surface area contributed by atoms with Crippen molar-refractivity contribution < 1.29 is 9.21 Å². The molecule has 1 aromatic heterocycles. The Bertz CT molecular complexity index is 450. The SMILES string of the molecule is CCCN1CCN(Cc2cc(C)c(C(=O)NN)o2)CC1. The van der Waals surface area contributed by atoms with Crippen molar-refractivity contribution in [3.8, 4) is 0 Å². The Kier molecular flexibility index (Phi) is 5.17. The lowest BCUT2D eigenvalue weighted by Crippen LogP contribution is -2.45. The second-order valence-corrected chi connectivity index (χ2v) is 5.32. The van der Waals surface area contributed by atoms with E-state index in [1.54, 1.807) is 0 Å². The molecule has 20 heavy (non-hydrogen) atoms. The number of carbonyl (C=O) groups excluding carboxylic acids is 1. The monoisotopic (exact) mass is 280 g/mol. The van der Waals surface area contributed by atoms with E-state index in [0.29, 0.717) is 5.76 Å². The van der Waals surface area contributed by atoms with Gasteiger partial charge in [0, 0.05) is 31.7 Å². The second-order valence-electron chi connectivity index (χ2n) is 5.32. The molecule has 0 atom stereocenters. The van der Waals surface area contributed by atoms with Gasteiger partial charge >= 0.3 is 5.91 Å². The first-order valence-corrected chi connectivity index (χ1v) is 7.19. The molecule has 2 heterocycles. The highest BCUT2D eigenvalue weighted by Gasteiger charge is 2.19. The molecule has 0 aliphatic carbocycles. The summed E-state index contributed by atoms with van der Waals surface area (Å²) >= 11 is 0. The van der Waals surface area contributed by atoms with Crippen molar-refractivity contribution >= 4 is 5.91 Å². The molecule has 1 aromatic rings. The van der Waals surface area contributed by atoms with E-state index in [1.807, 2.05) is 13.0 Å². The summed E-state index contributed by atoms with van der Waals surface area (Å²) in [7, 11) is 0. The lowest BCUT2D eigenvalue weighted by atomic mass is 10.2. The van der Waals surface area contributed by atoms with Crippen LogP contribution in [-0.2, 0) is 6.54 Å². The zero-order valence-corrected chi connectivity index (χ0v) is 12.3. The number of hydrazine groups is 1. The van der Waals surface area contributed by atoms with E-state index in [1.165, 1.54) is 13.0 Å². The summed E-state index contributed by atoms with van der Waals surface area (Å²) in [6.45, 7) is 10.3. The zero-order chi connectivity index (χ0) is 14.5. The molecule has 6 nitrogen and oxygen atoms in total. The van der Waals surface area contributed by atoms with Crippen LogP contribution in [0.1, 0.15) is 35.2 Å². The third kappa shape index (κ3) is 3.59. The Balaban J connectivity index is 1.90. The first-order chi connectivity index (χ1) is 9.63. The van der Waals surface area contributed by atoms with Crippen molar-refractivity contribution in [2.24, 2.45) is 5.84 Å². The average molecular weight is 280 g/mol. The second kappa shape index (κ2) is 6.88. The van der Waals surface area contributed by atoms with E-state index in [-0.39, 0.29) is 5.91 Å². The van der Waals surface area contributed by atoms with Crippen molar-refractivity contribution in [3.05, 3.63) is 23.2 Å². The molecule has 2 rings (SSSR count). The van der Waals surface area contributed by atoms with Gasteiger partial charge in [0.1, 0.15) is 5.76 Å². The highest BCUT2D eigenvalue weighted by molar-refractivity contribution is 5.92. The van der Waals surface area contributed by atoms with Gasteiger partial charge in [0.25, 0.3) is 0 Å². The van der Waals surface area contributed by atoms with Gasteiger partial charge in [-0.3, -0.25) is 15.1 Å². The number of nitrogens with two attached hydrogens (primary N) is 1. The molecule has 112 valence electrons. The van der Waals surface area contributed by atoms with E-state index < -0.39 is 0 Å². The number of amides is 1. The highest BCUT2D eigenvalue weighted by Crippen LogP contribution is 2.17. The molecule has 0 aromatic carbocycles. The van der Waals surface area contributed by atoms with Gasteiger partial charge in [0.15, 0.2) is 5.76 Å². The van der Waals surface area contributed by atoms with Gasteiger partial charge in [0.05, 0.1) is 6.54 Å². The third-order valence-electron chi connectivity index (χ3n) is 3.69. The van der Waals surface area contributed by atoms with E-state index in [0.717, 1.165) is 44.0 Å². The first-order valence-electron chi connectivity index (χ1n) is 7.19. The Labute approximate surface area is 119 Å². The molecule has 0 radical (unpaired) electrons. The number of hydrogen-bond donors (Lipinski definition) is 2. The maximum atomic E-state index is 11.5. The molecular weight excluding hydrogens is 256 g/mol. The molecule has 6 heteroatoms. The van der Waals surface area contributed by atoms with E-state index in [9.17, 15) is 4.79 Å². The Morgan fingerprint density at radius 1 is 1.35 bits per heavy atom. The molecular formula is C14H24N4O2. The summed E-state index contributed by atoms with van der Waals surface area (Å²) in [6, 6.07) is 1.92. The van der Waals surface area contributed by atoms with E-state index in [4.69, 9.17) is 10.3 Å². The van der Waals surface area contributed by atoms with Crippen LogP contribution < -0.4 is 11.3 Å². The van der Waals surface area contributed by atoms with Crippen molar-refractivity contribution in [1.82, 2.24) is 15.2 Å². The minimum Gasteiger partial charge on any atom is -0.454 e. The zero-order valence-electron chi connectivity index (χ0n) is 12.3. The summed E-state index contributed by atoms with van der Waals surface area (Å²) in [5.74, 6) is 5.90. The van der Waals surface area contributed by atoms with Gasteiger partial charge in [0.2, 0.25) is 0 Å². The molecule has 0 bridgehead atoms. The number of aryl methyl sites for hydroxylation is 1. The summed E-state index contributed by atoms with van der Waals surface area (Å²) in [5.41, 5.74) is 2.93. The number of piperazine rings is 1. The van der Waals surface area contributed by atoms with Crippen LogP contribution >= 0.6 is 0 Å². The highest BCUT2D eigenvalue weighted by atomic mass is 16.4. The van der Waals surface area contributed by atoms with Crippen molar-refractivity contribution in [1.29, 1.82) is 0 Å². The lowest BCUT2D eigenvalue weighted by molar-refractivity contribution is 0.0915. The maximum absolute atomic E-state index is 11.5. The summed E-state index contributed by atoms with van der Waals surface area (Å²) < 4.78 is 5.60. The first kappa shape index (κ1) is 15.0. The molecule has 1 aliphatic heterocycles. The fourth-order valence-electron chi connectivity index (χ4n) is 2.62. The standard InChI is InChI=1S/C14H24N4O2/c1-3-4-17-5-7-18(8-6-17)10-12-9-11(2)13(20-12)14(19)16-15/h9H,3-8,10,15H2,1-2H3,(H,16,19).